The molecule has 2 N–H and O–H groups in total. The van der Waals surface area contributed by atoms with Gasteiger partial charge >= 0.3 is 0 Å². The highest BCUT2D eigenvalue weighted by molar-refractivity contribution is 7.99. The smallest absolute Gasteiger partial charge is 0.227 e. The Balaban J connectivity index is 1.94. The van der Waals surface area contributed by atoms with Gasteiger partial charge < -0.3 is 14.6 Å². The van der Waals surface area contributed by atoms with Gasteiger partial charge in [0.05, 0.1) is 24.8 Å². The molecule has 0 spiro atoms. The zero-order chi connectivity index (χ0) is 14.7. The van der Waals surface area contributed by atoms with Crippen LogP contribution in [0.3, 0.4) is 0 Å². The fourth-order valence-electron chi connectivity index (χ4n) is 1.82. The third-order valence-corrected chi connectivity index (χ3v) is 3.69. The van der Waals surface area contributed by atoms with Gasteiger partial charge in [0.1, 0.15) is 5.76 Å². The van der Waals surface area contributed by atoms with Crippen LogP contribution in [0.2, 0.25) is 0 Å². The van der Waals surface area contributed by atoms with E-state index in [2.05, 4.69) is 10.2 Å². The predicted octanol–water partition coefficient (Wildman–Crippen LogP) is 1.76. The first-order chi connectivity index (χ1) is 10.2. The van der Waals surface area contributed by atoms with E-state index in [9.17, 15) is 4.79 Å². The standard InChI is InChI=1S/C13H12N4O3S/c14-11(18)8-21-13-16-15-12(10-4-2-6-20-10)17(13)7-9-3-1-5-19-9/h1-6H,7-8H2,(H2,14,18). The van der Waals surface area contributed by atoms with Gasteiger partial charge in [-0.1, -0.05) is 11.8 Å². The number of furan rings is 2. The molecule has 1 amide bonds. The number of thioether (sulfide) groups is 1. The van der Waals surface area contributed by atoms with Crippen LogP contribution in [0.5, 0.6) is 0 Å². The summed E-state index contributed by atoms with van der Waals surface area (Å²) in [5.41, 5.74) is 5.17. The lowest BCUT2D eigenvalue weighted by molar-refractivity contribution is -0.115. The number of primary amides is 1. The summed E-state index contributed by atoms with van der Waals surface area (Å²) in [6.45, 7) is 0.442. The highest BCUT2D eigenvalue weighted by atomic mass is 32.2. The Morgan fingerprint density at radius 2 is 2.05 bits per heavy atom. The van der Waals surface area contributed by atoms with Crippen molar-refractivity contribution in [2.45, 2.75) is 11.7 Å². The van der Waals surface area contributed by atoms with Gasteiger partial charge in [-0.3, -0.25) is 9.36 Å². The lowest BCUT2D eigenvalue weighted by atomic mass is 10.4. The number of hydrogen-bond donors (Lipinski definition) is 1. The third kappa shape index (κ3) is 3.00. The molecule has 3 heterocycles. The molecule has 0 atom stereocenters. The summed E-state index contributed by atoms with van der Waals surface area (Å²) in [5.74, 6) is 1.65. The number of amides is 1. The van der Waals surface area contributed by atoms with Crippen molar-refractivity contribution in [3.8, 4) is 11.6 Å². The molecule has 0 bridgehead atoms. The SMILES string of the molecule is NC(=O)CSc1nnc(-c2ccco2)n1Cc1ccco1. The number of nitrogens with zero attached hydrogens (tertiary/aromatic N) is 3. The summed E-state index contributed by atoms with van der Waals surface area (Å²) in [6, 6.07) is 7.24. The molecule has 7 nitrogen and oxygen atoms in total. The van der Waals surface area contributed by atoms with E-state index in [0.717, 1.165) is 5.76 Å². The second-order valence-corrected chi connectivity index (χ2v) is 5.15. The van der Waals surface area contributed by atoms with E-state index in [4.69, 9.17) is 14.6 Å². The maximum Gasteiger partial charge on any atom is 0.227 e. The van der Waals surface area contributed by atoms with Gasteiger partial charge in [-0.15, -0.1) is 10.2 Å². The molecule has 108 valence electrons. The largest absolute Gasteiger partial charge is 0.467 e. The zero-order valence-corrected chi connectivity index (χ0v) is 11.7. The second kappa shape index (κ2) is 5.88. The quantitative estimate of drug-likeness (QED) is 0.696. The molecule has 0 aromatic carbocycles. The fourth-order valence-corrected chi connectivity index (χ4v) is 2.50. The van der Waals surface area contributed by atoms with Crippen molar-refractivity contribution in [1.29, 1.82) is 0 Å². The predicted molar refractivity (Wildman–Crippen MR) is 75.5 cm³/mol. The molecule has 3 rings (SSSR count). The van der Waals surface area contributed by atoms with Gasteiger partial charge in [0, 0.05) is 0 Å². The van der Waals surface area contributed by atoms with E-state index < -0.39 is 5.91 Å². The van der Waals surface area contributed by atoms with Gasteiger partial charge in [0.15, 0.2) is 10.9 Å². The van der Waals surface area contributed by atoms with Crippen LogP contribution in [0.15, 0.2) is 50.8 Å². The van der Waals surface area contributed by atoms with E-state index in [1.54, 1.807) is 24.7 Å². The van der Waals surface area contributed by atoms with Crippen LogP contribution in [0, 0.1) is 0 Å². The van der Waals surface area contributed by atoms with Gasteiger partial charge in [-0.2, -0.15) is 0 Å². The maximum atomic E-state index is 10.9. The lowest BCUT2D eigenvalue weighted by Gasteiger charge is -2.06. The van der Waals surface area contributed by atoms with Gasteiger partial charge in [0.2, 0.25) is 11.7 Å². The molecule has 0 aliphatic rings. The van der Waals surface area contributed by atoms with Crippen LogP contribution >= 0.6 is 11.8 Å². The average molecular weight is 304 g/mol. The molecule has 0 aliphatic heterocycles. The second-order valence-electron chi connectivity index (χ2n) is 4.20. The van der Waals surface area contributed by atoms with Crippen LogP contribution in [-0.2, 0) is 11.3 Å². The van der Waals surface area contributed by atoms with Crippen LogP contribution in [-0.4, -0.2) is 26.4 Å². The van der Waals surface area contributed by atoms with E-state index in [1.165, 1.54) is 11.8 Å². The van der Waals surface area contributed by atoms with Crippen LogP contribution < -0.4 is 5.73 Å². The molecule has 21 heavy (non-hydrogen) atoms. The highest BCUT2D eigenvalue weighted by Gasteiger charge is 2.18. The first kappa shape index (κ1) is 13.5. The Morgan fingerprint density at radius 1 is 1.24 bits per heavy atom. The molecule has 0 fully saturated rings. The maximum absolute atomic E-state index is 10.9. The summed E-state index contributed by atoms with van der Waals surface area (Å²) in [4.78, 5) is 10.9. The monoisotopic (exact) mass is 304 g/mol. The fraction of sp³-hybridized carbons (Fsp3) is 0.154. The van der Waals surface area contributed by atoms with Crippen molar-refractivity contribution in [2.24, 2.45) is 5.73 Å². The van der Waals surface area contributed by atoms with Crippen molar-refractivity contribution < 1.29 is 13.6 Å². The van der Waals surface area contributed by atoms with Gasteiger partial charge in [-0.05, 0) is 24.3 Å². The summed E-state index contributed by atoms with van der Waals surface area (Å²) >= 11 is 1.23. The van der Waals surface area contributed by atoms with Crippen molar-refractivity contribution in [2.75, 3.05) is 5.75 Å². The topological polar surface area (TPSA) is 100 Å². The number of carbonyl (C=O) groups is 1. The van der Waals surface area contributed by atoms with E-state index in [0.29, 0.717) is 23.3 Å². The number of nitrogens with two attached hydrogens (primary N) is 1. The third-order valence-electron chi connectivity index (χ3n) is 2.70. The number of hydrogen-bond acceptors (Lipinski definition) is 6. The van der Waals surface area contributed by atoms with Crippen molar-refractivity contribution >= 4 is 17.7 Å². The van der Waals surface area contributed by atoms with Gasteiger partial charge in [0.25, 0.3) is 0 Å². The van der Waals surface area contributed by atoms with Crippen molar-refractivity contribution in [3.05, 3.63) is 42.6 Å². The van der Waals surface area contributed by atoms with Crippen LogP contribution in [0.25, 0.3) is 11.6 Å². The molecule has 0 radical (unpaired) electrons. The van der Waals surface area contributed by atoms with E-state index >= 15 is 0 Å². The molecule has 3 aromatic heterocycles. The Hall–Kier alpha value is -2.48. The molecule has 0 saturated carbocycles. The minimum atomic E-state index is -0.410. The van der Waals surface area contributed by atoms with E-state index in [1.807, 2.05) is 16.7 Å². The molecule has 0 unspecified atom stereocenters. The number of aromatic nitrogens is 3. The molecule has 0 saturated heterocycles. The summed E-state index contributed by atoms with van der Waals surface area (Å²) in [5, 5.41) is 8.79. The normalized spacial score (nSPS) is 10.9. The number of carbonyl (C=O) groups excluding carboxylic acids is 1. The van der Waals surface area contributed by atoms with Gasteiger partial charge in [-0.25, -0.2) is 0 Å². The summed E-state index contributed by atoms with van der Waals surface area (Å²) in [6.07, 6.45) is 3.17. The van der Waals surface area contributed by atoms with E-state index in [-0.39, 0.29) is 5.75 Å². The molecular weight excluding hydrogens is 292 g/mol. The zero-order valence-electron chi connectivity index (χ0n) is 10.9. The van der Waals surface area contributed by atoms with Crippen molar-refractivity contribution in [3.63, 3.8) is 0 Å². The summed E-state index contributed by atoms with van der Waals surface area (Å²) < 4.78 is 12.5. The number of rotatable bonds is 6. The summed E-state index contributed by atoms with van der Waals surface area (Å²) in [7, 11) is 0. The van der Waals surface area contributed by atoms with Crippen LogP contribution in [0.4, 0.5) is 0 Å². The first-order valence-electron chi connectivity index (χ1n) is 6.14. The molecule has 8 heteroatoms. The lowest BCUT2D eigenvalue weighted by Crippen LogP contribution is -2.14. The van der Waals surface area contributed by atoms with Crippen LogP contribution in [0.1, 0.15) is 5.76 Å². The Labute approximate surface area is 124 Å². The molecular formula is C13H12N4O3S. The highest BCUT2D eigenvalue weighted by Crippen LogP contribution is 2.25. The average Bonchev–Trinajstić information content (AvgIpc) is 3.18. The van der Waals surface area contributed by atoms with Crippen molar-refractivity contribution in [1.82, 2.24) is 14.8 Å². The Bertz CT molecular complexity index is 719. The Morgan fingerprint density at radius 3 is 2.71 bits per heavy atom. The molecule has 3 aromatic rings. The minimum Gasteiger partial charge on any atom is -0.467 e. The minimum absolute atomic E-state index is 0.133. The molecule has 0 aliphatic carbocycles. The Kier molecular flexibility index (Phi) is 3.78. The first-order valence-corrected chi connectivity index (χ1v) is 7.13.